The summed E-state index contributed by atoms with van der Waals surface area (Å²) in [5, 5.41) is 2.57. The monoisotopic (exact) mass is 339 g/mol. The molecule has 1 aromatic rings. The van der Waals surface area contributed by atoms with E-state index in [1.165, 1.54) is 12.7 Å². The first-order valence-electron chi connectivity index (χ1n) is 7.51. The Morgan fingerprint density at radius 2 is 1.87 bits per heavy atom. The first-order valence-corrected chi connectivity index (χ1v) is 8.66. The lowest BCUT2D eigenvalue weighted by Crippen LogP contribution is -2.45. The minimum atomic E-state index is -0.712. The van der Waals surface area contributed by atoms with Crippen LogP contribution in [-0.4, -0.2) is 42.3 Å². The fraction of sp³-hybridized carbons (Fsp3) is 0.529. The predicted octanol–water partition coefficient (Wildman–Crippen LogP) is 3.03. The highest BCUT2D eigenvalue weighted by atomic mass is 32.2. The zero-order valence-electron chi connectivity index (χ0n) is 14.1. The number of methoxy groups -OCH3 is 1. The second-order valence-corrected chi connectivity index (χ2v) is 7.18. The molecule has 0 fully saturated rings. The van der Waals surface area contributed by atoms with Gasteiger partial charge in [0.25, 0.3) is 0 Å². The SMILES string of the molecule is COC(=O)[C@@H](CSCCc1ccccc1)NC(=O)OC(C)(C)C. The number of ether oxygens (including phenoxy) is 2. The molecule has 6 heteroatoms. The molecule has 0 radical (unpaired) electrons. The van der Waals surface area contributed by atoms with E-state index >= 15 is 0 Å². The molecule has 0 aliphatic heterocycles. The number of carbonyl (C=O) groups is 2. The van der Waals surface area contributed by atoms with Gasteiger partial charge < -0.3 is 14.8 Å². The van der Waals surface area contributed by atoms with Crippen LogP contribution in [0.1, 0.15) is 26.3 Å². The molecule has 23 heavy (non-hydrogen) atoms. The van der Waals surface area contributed by atoms with Crippen molar-refractivity contribution in [2.24, 2.45) is 0 Å². The van der Waals surface area contributed by atoms with Crippen molar-refractivity contribution in [3.8, 4) is 0 Å². The summed E-state index contributed by atoms with van der Waals surface area (Å²) in [7, 11) is 1.31. The van der Waals surface area contributed by atoms with E-state index in [2.05, 4.69) is 17.4 Å². The van der Waals surface area contributed by atoms with Crippen molar-refractivity contribution in [1.29, 1.82) is 0 Å². The quantitative estimate of drug-likeness (QED) is 0.611. The van der Waals surface area contributed by atoms with Gasteiger partial charge in [-0.3, -0.25) is 0 Å². The van der Waals surface area contributed by atoms with Crippen molar-refractivity contribution in [2.45, 2.75) is 38.8 Å². The summed E-state index contributed by atoms with van der Waals surface area (Å²) in [6.07, 6.45) is 0.294. The van der Waals surface area contributed by atoms with Crippen LogP contribution in [0.3, 0.4) is 0 Å². The summed E-state index contributed by atoms with van der Waals surface area (Å²) in [5.41, 5.74) is 0.639. The molecule has 0 aromatic heterocycles. The molecule has 0 bridgehead atoms. The Balaban J connectivity index is 2.42. The Labute approximate surface area is 142 Å². The van der Waals surface area contributed by atoms with Crippen LogP contribution in [0.2, 0.25) is 0 Å². The Hall–Kier alpha value is -1.69. The van der Waals surface area contributed by atoms with Crippen LogP contribution in [0, 0.1) is 0 Å². The molecule has 0 aliphatic carbocycles. The van der Waals surface area contributed by atoms with Gasteiger partial charge in [0.05, 0.1) is 7.11 Å². The number of benzene rings is 1. The molecule has 1 atom stereocenters. The molecular weight excluding hydrogens is 314 g/mol. The Bertz CT molecular complexity index is 499. The lowest BCUT2D eigenvalue weighted by molar-refractivity contribution is -0.142. The first kappa shape index (κ1) is 19.4. The highest BCUT2D eigenvalue weighted by Crippen LogP contribution is 2.11. The van der Waals surface area contributed by atoms with E-state index in [0.717, 1.165) is 12.2 Å². The average molecular weight is 339 g/mol. The van der Waals surface area contributed by atoms with E-state index in [1.54, 1.807) is 32.5 Å². The molecule has 1 rings (SSSR count). The molecule has 0 spiro atoms. The van der Waals surface area contributed by atoms with Crippen LogP contribution < -0.4 is 5.32 Å². The maximum atomic E-state index is 11.8. The van der Waals surface area contributed by atoms with Gasteiger partial charge in [-0.25, -0.2) is 9.59 Å². The van der Waals surface area contributed by atoms with Crippen molar-refractivity contribution in [3.63, 3.8) is 0 Å². The highest BCUT2D eigenvalue weighted by Gasteiger charge is 2.24. The fourth-order valence-electron chi connectivity index (χ4n) is 1.80. The molecular formula is C17H25NO4S. The molecule has 0 aliphatic rings. The van der Waals surface area contributed by atoms with E-state index in [9.17, 15) is 9.59 Å². The minimum Gasteiger partial charge on any atom is -0.467 e. The number of thioether (sulfide) groups is 1. The van der Waals surface area contributed by atoms with Crippen LogP contribution in [0.5, 0.6) is 0 Å². The van der Waals surface area contributed by atoms with Crippen molar-refractivity contribution in [1.82, 2.24) is 5.32 Å². The van der Waals surface area contributed by atoms with E-state index in [4.69, 9.17) is 9.47 Å². The third-order valence-corrected chi connectivity index (χ3v) is 3.90. The second kappa shape index (κ2) is 9.45. The van der Waals surface area contributed by atoms with Gasteiger partial charge in [0.15, 0.2) is 0 Å². The third-order valence-electron chi connectivity index (χ3n) is 2.84. The lowest BCUT2D eigenvalue weighted by atomic mass is 10.2. The molecule has 0 saturated heterocycles. The number of nitrogens with one attached hydrogen (secondary N) is 1. The summed E-state index contributed by atoms with van der Waals surface area (Å²) in [5.74, 6) is 0.828. The second-order valence-electron chi connectivity index (χ2n) is 6.03. The molecule has 1 aromatic carbocycles. The van der Waals surface area contributed by atoms with Crippen molar-refractivity contribution >= 4 is 23.8 Å². The number of amides is 1. The van der Waals surface area contributed by atoms with Gasteiger partial charge in [-0.05, 0) is 38.5 Å². The van der Waals surface area contributed by atoms with Gasteiger partial charge in [-0.2, -0.15) is 11.8 Å². The van der Waals surface area contributed by atoms with Crippen LogP contribution in [0.25, 0.3) is 0 Å². The van der Waals surface area contributed by atoms with Crippen LogP contribution >= 0.6 is 11.8 Å². The summed E-state index contributed by atoms with van der Waals surface area (Å²) in [6, 6.07) is 9.40. The molecule has 1 amide bonds. The van der Waals surface area contributed by atoms with Gasteiger partial charge >= 0.3 is 12.1 Å². The molecule has 128 valence electrons. The normalized spacial score (nSPS) is 12.3. The van der Waals surface area contributed by atoms with E-state index in [0.29, 0.717) is 5.75 Å². The number of esters is 1. The standard InChI is InChI=1S/C17H25NO4S/c1-17(2,3)22-16(20)18-14(15(19)21-4)12-23-11-10-13-8-6-5-7-9-13/h5-9,14H,10-12H2,1-4H3,(H,18,20)/t14-/m1/s1. The predicted molar refractivity (Wildman–Crippen MR) is 92.6 cm³/mol. The molecule has 5 nitrogen and oxygen atoms in total. The summed E-state index contributed by atoms with van der Waals surface area (Å²) in [6.45, 7) is 5.32. The smallest absolute Gasteiger partial charge is 0.408 e. The summed E-state index contributed by atoms with van der Waals surface area (Å²) in [4.78, 5) is 23.6. The molecule has 0 heterocycles. The zero-order chi connectivity index (χ0) is 17.3. The fourth-order valence-corrected chi connectivity index (χ4v) is 2.80. The maximum absolute atomic E-state index is 11.8. The van der Waals surface area contributed by atoms with Crippen molar-refractivity contribution in [2.75, 3.05) is 18.6 Å². The van der Waals surface area contributed by atoms with Gasteiger partial charge in [0.1, 0.15) is 11.6 Å². The van der Waals surface area contributed by atoms with Crippen molar-refractivity contribution < 1.29 is 19.1 Å². The minimum absolute atomic E-state index is 0.443. The molecule has 0 saturated carbocycles. The van der Waals surface area contributed by atoms with Crippen molar-refractivity contribution in [3.05, 3.63) is 35.9 Å². The number of aryl methyl sites for hydroxylation is 1. The first-order chi connectivity index (χ1) is 10.8. The maximum Gasteiger partial charge on any atom is 0.408 e. The zero-order valence-corrected chi connectivity index (χ0v) is 14.9. The van der Waals surface area contributed by atoms with Gasteiger partial charge in [-0.1, -0.05) is 30.3 Å². The number of hydrogen-bond acceptors (Lipinski definition) is 5. The Kier molecular flexibility index (Phi) is 7.95. The number of carbonyl (C=O) groups excluding carboxylic acids is 2. The van der Waals surface area contributed by atoms with E-state index in [1.807, 2.05) is 18.2 Å². The number of rotatable bonds is 7. The van der Waals surface area contributed by atoms with Crippen LogP contribution in [0.4, 0.5) is 4.79 Å². The highest BCUT2D eigenvalue weighted by molar-refractivity contribution is 7.99. The average Bonchev–Trinajstić information content (AvgIpc) is 2.48. The third kappa shape index (κ3) is 8.50. The van der Waals surface area contributed by atoms with Gasteiger partial charge in [0, 0.05) is 5.75 Å². The van der Waals surface area contributed by atoms with Gasteiger partial charge in [-0.15, -0.1) is 0 Å². The lowest BCUT2D eigenvalue weighted by Gasteiger charge is -2.22. The Morgan fingerprint density at radius 1 is 1.22 bits per heavy atom. The van der Waals surface area contributed by atoms with Crippen LogP contribution in [-0.2, 0) is 20.7 Å². The number of alkyl carbamates (subject to hydrolysis) is 1. The largest absolute Gasteiger partial charge is 0.467 e. The topological polar surface area (TPSA) is 64.6 Å². The number of hydrogen-bond donors (Lipinski definition) is 1. The molecule has 1 N–H and O–H groups in total. The summed E-state index contributed by atoms with van der Waals surface area (Å²) >= 11 is 1.59. The van der Waals surface area contributed by atoms with E-state index < -0.39 is 23.7 Å². The van der Waals surface area contributed by atoms with E-state index in [-0.39, 0.29) is 0 Å². The Morgan fingerprint density at radius 3 is 2.43 bits per heavy atom. The van der Waals surface area contributed by atoms with Crippen LogP contribution in [0.15, 0.2) is 30.3 Å². The van der Waals surface area contributed by atoms with Gasteiger partial charge in [0.2, 0.25) is 0 Å². The summed E-state index contributed by atoms with van der Waals surface area (Å²) < 4.78 is 9.91. The molecule has 0 unspecified atom stereocenters.